The Kier molecular flexibility index (Phi) is 4.89. The molecular weight excluding hydrogens is 386 g/mol. The van der Waals surface area contributed by atoms with Crippen molar-refractivity contribution in [2.24, 2.45) is 0 Å². The number of ketones is 1. The highest BCUT2D eigenvalue weighted by molar-refractivity contribution is 9.10. The molecule has 0 N–H and O–H groups in total. The summed E-state index contributed by atoms with van der Waals surface area (Å²) in [5, 5.41) is 0. The highest BCUT2D eigenvalue weighted by Crippen LogP contribution is 2.36. The van der Waals surface area contributed by atoms with Gasteiger partial charge in [0.05, 0.1) is 6.04 Å². The molecular formula is C23H20BrNO. The lowest BCUT2D eigenvalue weighted by Crippen LogP contribution is -2.36. The van der Waals surface area contributed by atoms with E-state index >= 15 is 0 Å². The maximum Gasteiger partial charge on any atom is 0.165 e. The second kappa shape index (κ2) is 7.46. The van der Waals surface area contributed by atoms with Crippen molar-refractivity contribution < 1.29 is 4.79 Å². The standard InChI is InChI=1S/C23H20BrNO/c24-19-9-6-8-18(15-19)23(26)16-22-21-12-5-4-7-17(21)13-14-25(22)20-10-2-1-3-11-20/h1-12,15,22H,13-14,16H2. The lowest BCUT2D eigenvalue weighted by Gasteiger charge is -2.39. The van der Waals surface area contributed by atoms with Gasteiger partial charge in [0, 0.05) is 28.7 Å². The Morgan fingerprint density at radius 3 is 2.54 bits per heavy atom. The van der Waals surface area contributed by atoms with Crippen LogP contribution in [0.25, 0.3) is 0 Å². The molecule has 0 aromatic heterocycles. The third-order valence-corrected chi connectivity index (χ3v) is 5.52. The molecule has 0 radical (unpaired) electrons. The van der Waals surface area contributed by atoms with Gasteiger partial charge in [0.25, 0.3) is 0 Å². The third kappa shape index (κ3) is 3.45. The molecule has 1 unspecified atom stereocenters. The highest BCUT2D eigenvalue weighted by atomic mass is 79.9. The fourth-order valence-electron chi connectivity index (χ4n) is 3.76. The van der Waals surface area contributed by atoms with Crippen LogP contribution >= 0.6 is 15.9 Å². The molecule has 1 aliphatic rings. The van der Waals surface area contributed by atoms with Gasteiger partial charge < -0.3 is 4.90 Å². The molecule has 3 heteroatoms. The first kappa shape index (κ1) is 17.0. The first-order valence-electron chi connectivity index (χ1n) is 8.90. The van der Waals surface area contributed by atoms with Crippen LogP contribution in [0.1, 0.15) is 33.9 Å². The fraction of sp³-hybridized carbons (Fsp3) is 0.174. The summed E-state index contributed by atoms with van der Waals surface area (Å²) in [4.78, 5) is 15.4. The SMILES string of the molecule is O=C(CC1c2ccccc2CCN1c1ccccc1)c1cccc(Br)c1. The minimum Gasteiger partial charge on any atom is -0.364 e. The predicted molar refractivity (Wildman–Crippen MR) is 110 cm³/mol. The van der Waals surface area contributed by atoms with Gasteiger partial charge in [-0.1, -0.05) is 70.5 Å². The Hall–Kier alpha value is -2.39. The molecule has 26 heavy (non-hydrogen) atoms. The summed E-state index contributed by atoms with van der Waals surface area (Å²) in [6.45, 7) is 0.928. The van der Waals surface area contributed by atoms with Gasteiger partial charge >= 0.3 is 0 Å². The third-order valence-electron chi connectivity index (χ3n) is 5.03. The van der Waals surface area contributed by atoms with E-state index in [0.29, 0.717) is 6.42 Å². The number of hydrogen-bond acceptors (Lipinski definition) is 2. The lowest BCUT2D eigenvalue weighted by molar-refractivity contribution is 0.0972. The average Bonchev–Trinajstić information content (AvgIpc) is 2.69. The number of halogens is 1. The van der Waals surface area contributed by atoms with Crippen LogP contribution in [0.3, 0.4) is 0 Å². The van der Waals surface area contributed by atoms with E-state index in [1.54, 1.807) is 0 Å². The fourth-order valence-corrected chi connectivity index (χ4v) is 4.15. The number of benzene rings is 3. The van der Waals surface area contributed by atoms with Crippen molar-refractivity contribution in [1.29, 1.82) is 0 Å². The number of carbonyl (C=O) groups excluding carboxylic acids is 1. The number of carbonyl (C=O) groups is 1. The summed E-state index contributed by atoms with van der Waals surface area (Å²) in [6, 6.07) is 26.7. The second-order valence-electron chi connectivity index (χ2n) is 6.63. The van der Waals surface area contributed by atoms with Crippen LogP contribution < -0.4 is 4.90 Å². The summed E-state index contributed by atoms with van der Waals surface area (Å²) in [7, 11) is 0. The summed E-state index contributed by atoms with van der Waals surface area (Å²) in [6.07, 6.45) is 1.48. The zero-order chi connectivity index (χ0) is 17.9. The van der Waals surface area contributed by atoms with E-state index < -0.39 is 0 Å². The molecule has 130 valence electrons. The van der Waals surface area contributed by atoms with Crippen LogP contribution in [0.15, 0.2) is 83.3 Å². The monoisotopic (exact) mass is 405 g/mol. The van der Waals surface area contributed by atoms with E-state index in [0.717, 1.165) is 23.0 Å². The normalized spacial score (nSPS) is 16.2. The smallest absolute Gasteiger partial charge is 0.165 e. The minimum absolute atomic E-state index is 0.0637. The van der Waals surface area contributed by atoms with Crippen LogP contribution in [0.2, 0.25) is 0 Å². The van der Waals surface area contributed by atoms with E-state index in [1.165, 1.54) is 16.8 Å². The lowest BCUT2D eigenvalue weighted by atomic mass is 9.88. The molecule has 1 aliphatic heterocycles. The van der Waals surface area contributed by atoms with Crippen molar-refractivity contribution in [3.05, 3.63) is 100 Å². The quantitative estimate of drug-likeness (QED) is 0.509. The van der Waals surface area contributed by atoms with Crippen molar-refractivity contribution in [2.45, 2.75) is 18.9 Å². The van der Waals surface area contributed by atoms with E-state index in [1.807, 2.05) is 30.3 Å². The maximum atomic E-state index is 13.0. The minimum atomic E-state index is 0.0637. The molecule has 4 rings (SSSR count). The Bertz CT molecular complexity index is 922. The Morgan fingerprint density at radius 2 is 1.73 bits per heavy atom. The zero-order valence-electron chi connectivity index (χ0n) is 14.4. The van der Waals surface area contributed by atoms with E-state index in [-0.39, 0.29) is 11.8 Å². The van der Waals surface area contributed by atoms with Gasteiger partial charge in [-0.25, -0.2) is 0 Å². The van der Waals surface area contributed by atoms with Crippen LogP contribution in [0, 0.1) is 0 Å². The Labute approximate surface area is 162 Å². The summed E-state index contributed by atoms with van der Waals surface area (Å²) in [5.74, 6) is 0.175. The molecule has 0 amide bonds. The van der Waals surface area contributed by atoms with Gasteiger partial charge in [-0.05, 0) is 41.8 Å². The Balaban J connectivity index is 1.70. The second-order valence-corrected chi connectivity index (χ2v) is 7.55. The van der Waals surface area contributed by atoms with E-state index in [2.05, 4.69) is 69.4 Å². The topological polar surface area (TPSA) is 20.3 Å². The maximum absolute atomic E-state index is 13.0. The van der Waals surface area contributed by atoms with Gasteiger partial charge in [-0.3, -0.25) is 4.79 Å². The molecule has 1 atom stereocenters. The van der Waals surface area contributed by atoms with Gasteiger partial charge in [-0.2, -0.15) is 0 Å². The number of nitrogens with zero attached hydrogens (tertiary/aromatic N) is 1. The van der Waals surface area contributed by atoms with Crippen LogP contribution in [-0.4, -0.2) is 12.3 Å². The molecule has 0 bridgehead atoms. The molecule has 0 fully saturated rings. The molecule has 1 heterocycles. The largest absolute Gasteiger partial charge is 0.364 e. The number of hydrogen-bond donors (Lipinski definition) is 0. The zero-order valence-corrected chi connectivity index (χ0v) is 16.0. The van der Waals surface area contributed by atoms with E-state index in [4.69, 9.17) is 0 Å². The summed E-state index contributed by atoms with van der Waals surface area (Å²) in [5.41, 5.74) is 4.56. The van der Waals surface area contributed by atoms with Crippen molar-refractivity contribution in [3.63, 3.8) is 0 Å². The van der Waals surface area contributed by atoms with Gasteiger partial charge in [0.1, 0.15) is 0 Å². The molecule has 0 saturated heterocycles. The molecule has 3 aromatic rings. The number of anilines is 1. The molecule has 0 saturated carbocycles. The van der Waals surface area contributed by atoms with Crippen molar-refractivity contribution in [3.8, 4) is 0 Å². The first-order chi connectivity index (χ1) is 12.7. The van der Waals surface area contributed by atoms with Crippen molar-refractivity contribution in [1.82, 2.24) is 0 Å². The van der Waals surface area contributed by atoms with Crippen LogP contribution in [0.4, 0.5) is 5.69 Å². The highest BCUT2D eigenvalue weighted by Gasteiger charge is 2.29. The number of Topliss-reactive ketones (excluding diaryl/α,β-unsaturated/α-hetero) is 1. The predicted octanol–water partition coefficient (Wildman–Crippen LogP) is 5.83. The number of para-hydroxylation sites is 1. The van der Waals surface area contributed by atoms with Gasteiger partial charge in [0.15, 0.2) is 5.78 Å². The molecule has 2 nitrogen and oxygen atoms in total. The number of rotatable bonds is 4. The van der Waals surface area contributed by atoms with Crippen LogP contribution in [-0.2, 0) is 6.42 Å². The number of fused-ring (bicyclic) bond motifs is 1. The van der Waals surface area contributed by atoms with Gasteiger partial charge in [0.2, 0.25) is 0 Å². The molecule has 0 spiro atoms. The molecule has 0 aliphatic carbocycles. The summed E-state index contributed by atoms with van der Waals surface area (Å²) < 4.78 is 0.937. The Morgan fingerprint density at radius 1 is 0.962 bits per heavy atom. The molecule has 3 aromatic carbocycles. The average molecular weight is 406 g/mol. The van der Waals surface area contributed by atoms with Crippen LogP contribution in [0.5, 0.6) is 0 Å². The summed E-state index contributed by atoms with van der Waals surface area (Å²) >= 11 is 3.47. The van der Waals surface area contributed by atoms with Gasteiger partial charge in [-0.15, -0.1) is 0 Å². The van der Waals surface area contributed by atoms with Crippen molar-refractivity contribution in [2.75, 3.05) is 11.4 Å². The van der Waals surface area contributed by atoms with E-state index in [9.17, 15) is 4.79 Å². The van der Waals surface area contributed by atoms with Crippen molar-refractivity contribution >= 4 is 27.4 Å². The first-order valence-corrected chi connectivity index (χ1v) is 9.70.